The number of hydrogen-bond donors (Lipinski definition) is 9. The highest BCUT2D eigenvalue weighted by Gasteiger charge is 2.77. The second-order valence-corrected chi connectivity index (χ2v) is 18.3. The Morgan fingerprint density at radius 3 is 0.957 bits per heavy atom. The molecule has 382 valence electrons. The number of Topliss-reactive ketones (excluding diaryl/α,β-unsaturated/α-hetero) is 6. The Hall–Kier alpha value is -4.52. The fourth-order valence-electron chi connectivity index (χ4n) is 7.07. The summed E-state index contributed by atoms with van der Waals surface area (Å²) in [5.41, 5.74) is -27.7. The van der Waals surface area contributed by atoms with Gasteiger partial charge in [-0.2, -0.15) is 0 Å². The Balaban J connectivity index is 4.60. The lowest BCUT2D eigenvalue weighted by molar-refractivity contribution is -0.250. The highest BCUT2D eigenvalue weighted by atomic mass is 127. The molecule has 0 fully saturated rings. The number of hydrogen-bond acceptors (Lipinski definition) is 23. The molecular weight excluding hydrogens is 1270 g/mol. The summed E-state index contributed by atoms with van der Waals surface area (Å²) in [7, 11) is 1.09. The third kappa shape index (κ3) is 11.0. The number of benzene rings is 1. The molecule has 0 heterocycles. The molecule has 26 nitrogen and oxygen atoms in total. The zero-order valence-electron chi connectivity index (χ0n) is 38.3. The number of esters is 4. The summed E-state index contributed by atoms with van der Waals surface area (Å²) in [6, 6.07) is 0. The van der Waals surface area contributed by atoms with E-state index in [9.17, 15) is 93.0 Å². The number of ether oxygens (including phenoxy) is 4. The van der Waals surface area contributed by atoms with Crippen molar-refractivity contribution in [3.05, 3.63) is 16.3 Å². The van der Waals surface area contributed by atoms with Gasteiger partial charge in [-0.3, -0.25) is 62.3 Å². The summed E-state index contributed by atoms with van der Waals surface area (Å²) in [5.74, 6) is -21.7. The van der Waals surface area contributed by atoms with Gasteiger partial charge in [0, 0.05) is 34.7 Å². The number of anilines is 2. The van der Waals surface area contributed by atoms with Crippen LogP contribution in [0.3, 0.4) is 0 Å². The van der Waals surface area contributed by atoms with Crippen LogP contribution in [-0.2, 0) is 76.5 Å². The SMILES string of the molecule is CNC(=O)c1c(I)c(NC(=O)[C@@](O)(C(C)=O)[C@](O)(C(C)=O)[C@@](O)(C(C)=O)[C@@H](COC(C)=O)OC(C)=O)c(I)c(NC(=O)[C@@](O)(C(C)=O)[C@](O)(C(C)=O)[C@@](O)(C(C)=O)[C@@H](COC(C)=O)OC(C)=O)c1I. The van der Waals surface area contributed by atoms with Crippen molar-refractivity contribution in [3.8, 4) is 0 Å². The monoisotopic (exact) mass is 1320 g/mol. The van der Waals surface area contributed by atoms with Crippen LogP contribution in [0.1, 0.15) is 79.6 Å². The minimum absolute atomic E-state index is 0.387. The van der Waals surface area contributed by atoms with Crippen molar-refractivity contribution in [2.75, 3.05) is 30.9 Å². The van der Waals surface area contributed by atoms with Crippen LogP contribution in [0.4, 0.5) is 11.4 Å². The average Bonchev–Trinajstić information content (AvgIpc) is 3.23. The maximum Gasteiger partial charge on any atom is 0.303 e. The molecule has 69 heavy (non-hydrogen) atoms. The number of ketones is 6. The van der Waals surface area contributed by atoms with Crippen molar-refractivity contribution < 1.29 is 112 Å². The zero-order valence-corrected chi connectivity index (χ0v) is 44.8. The van der Waals surface area contributed by atoms with E-state index in [-0.39, 0.29) is 7.14 Å². The molecular formula is C40H48I3N3O23. The van der Waals surface area contributed by atoms with Crippen molar-refractivity contribution in [2.45, 2.75) is 115 Å². The number of carbonyl (C=O) groups is 13. The van der Waals surface area contributed by atoms with Crippen LogP contribution in [0.25, 0.3) is 0 Å². The van der Waals surface area contributed by atoms with Crippen LogP contribution >= 0.6 is 67.8 Å². The summed E-state index contributed by atoms with van der Waals surface area (Å²) in [6.45, 7) is 2.84. The van der Waals surface area contributed by atoms with Crippen LogP contribution in [0.5, 0.6) is 0 Å². The minimum atomic E-state index is -4.40. The highest BCUT2D eigenvalue weighted by molar-refractivity contribution is 14.1. The van der Waals surface area contributed by atoms with Crippen LogP contribution in [0.2, 0.25) is 0 Å². The molecule has 0 spiro atoms. The quantitative estimate of drug-likeness (QED) is 0.0240. The van der Waals surface area contributed by atoms with Gasteiger partial charge in [-0.05, 0) is 109 Å². The first kappa shape index (κ1) is 62.5. The number of amides is 3. The molecule has 0 aliphatic rings. The molecule has 0 aliphatic carbocycles. The maximum atomic E-state index is 14.6. The smallest absolute Gasteiger partial charge is 0.303 e. The molecule has 0 aromatic heterocycles. The van der Waals surface area contributed by atoms with Crippen molar-refractivity contribution in [1.82, 2.24) is 5.32 Å². The molecule has 1 aromatic carbocycles. The van der Waals surface area contributed by atoms with Crippen LogP contribution in [0.15, 0.2) is 0 Å². The zero-order chi connectivity index (χ0) is 54.5. The molecule has 0 radical (unpaired) electrons. The van der Waals surface area contributed by atoms with E-state index in [0.29, 0.717) is 55.4 Å². The van der Waals surface area contributed by atoms with E-state index in [1.54, 1.807) is 0 Å². The van der Waals surface area contributed by atoms with Gasteiger partial charge in [0.15, 0.2) is 46.9 Å². The standard InChI is InChI=1S/C40H48I3N3O23/c1-14(47)35(60,24(68-22(9)55)12-66-20(7)53)39(64,18(5)51)37(62,16(3)49)33(58)45-30-27(41)26(32(57)44-11)28(42)31(29(30)43)46-34(59)38(63,17(4)50)40(65,19(6)52)36(61,15(2)48)25(69-23(10)56)13-67-21(8)54/h24-25,60-65H,12-13H2,1-11H3,(H,44,57)(H,45,58)(H,46,59)/t24-,25-,35-,36-,37+,38+,39+,40+/m1/s1. The maximum absolute atomic E-state index is 14.6. The Morgan fingerprint density at radius 1 is 0.464 bits per heavy atom. The van der Waals surface area contributed by atoms with Gasteiger partial charge >= 0.3 is 23.9 Å². The largest absolute Gasteiger partial charge is 0.462 e. The number of nitrogens with one attached hydrogen (secondary N) is 3. The van der Waals surface area contributed by atoms with Crippen LogP contribution < -0.4 is 16.0 Å². The van der Waals surface area contributed by atoms with E-state index in [4.69, 9.17) is 18.9 Å². The molecule has 1 rings (SSSR count). The van der Waals surface area contributed by atoms with Gasteiger partial charge in [-0.1, -0.05) is 0 Å². The molecule has 8 atom stereocenters. The highest BCUT2D eigenvalue weighted by Crippen LogP contribution is 2.45. The second kappa shape index (κ2) is 23.1. The summed E-state index contributed by atoms with van der Waals surface area (Å²) in [5, 5.41) is 78.9. The van der Waals surface area contributed by atoms with E-state index in [2.05, 4.69) is 5.32 Å². The predicted octanol–water partition coefficient (Wildman–Crippen LogP) is -2.35. The number of halogens is 3. The molecule has 9 N–H and O–H groups in total. The second-order valence-electron chi connectivity index (χ2n) is 15.1. The summed E-state index contributed by atoms with van der Waals surface area (Å²) in [4.78, 5) is 171. The first-order valence-corrected chi connectivity index (χ1v) is 22.6. The summed E-state index contributed by atoms with van der Waals surface area (Å²) in [6.07, 6.45) is -5.30. The molecule has 0 saturated carbocycles. The lowest BCUT2D eigenvalue weighted by Crippen LogP contribution is -2.82. The van der Waals surface area contributed by atoms with Crippen LogP contribution in [-0.4, -0.2) is 173 Å². The third-order valence-corrected chi connectivity index (χ3v) is 13.8. The van der Waals surface area contributed by atoms with E-state index >= 15 is 0 Å². The first-order valence-electron chi connectivity index (χ1n) is 19.3. The topological polar surface area (TPSA) is 416 Å². The van der Waals surface area contributed by atoms with Gasteiger partial charge < -0.3 is 65.5 Å². The Bertz CT molecular complexity index is 2260. The van der Waals surface area contributed by atoms with Crippen molar-refractivity contribution in [3.63, 3.8) is 0 Å². The molecule has 0 bridgehead atoms. The number of rotatable bonds is 23. The van der Waals surface area contributed by atoms with Crippen LogP contribution in [0, 0.1) is 10.7 Å². The molecule has 1 aromatic rings. The van der Waals surface area contributed by atoms with E-state index < -0.39 is 156 Å². The Morgan fingerprint density at radius 2 is 0.754 bits per heavy atom. The lowest BCUT2D eigenvalue weighted by atomic mass is 9.62. The van der Waals surface area contributed by atoms with Gasteiger partial charge in [0.1, 0.15) is 13.2 Å². The molecule has 0 unspecified atom stereocenters. The molecule has 29 heteroatoms. The third-order valence-electron chi connectivity index (χ3n) is 10.6. The van der Waals surface area contributed by atoms with E-state index in [1.165, 1.54) is 67.8 Å². The van der Waals surface area contributed by atoms with Crippen molar-refractivity contribution in [1.29, 1.82) is 0 Å². The van der Waals surface area contributed by atoms with Gasteiger partial charge in [0.25, 0.3) is 17.7 Å². The van der Waals surface area contributed by atoms with Crippen molar-refractivity contribution in [2.24, 2.45) is 0 Å². The van der Waals surface area contributed by atoms with Gasteiger partial charge in [0.2, 0.25) is 33.6 Å². The predicted molar refractivity (Wildman–Crippen MR) is 253 cm³/mol. The van der Waals surface area contributed by atoms with Gasteiger partial charge in [-0.25, -0.2) is 0 Å². The fraction of sp³-hybridized carbons (Fsp3) is 0.525. The summed E-state index contributed by atoms with van der Waals surface area (Å²) >= 11 is 4.16. The van der Waals surface area contributed by atoms with Crippen molar-refractivity contribution >= 4 is 155 Å². The fourth-order valence-corrected chi connectivity index (χ4v) is 11.3. The minimum Gasteiger partial charge on any atom is -0.462 e. The molecule has 0 saturated heterocycles. The van der Waals surface area contributed by atoms with Gasteiger partial charge in [0.05, 0.1) is 27.6 Å². The van der Waals surface area contributed by atoms with E-state index in [0.717, 1.165) is 20.9 Å². The van der Waals surface area contributed by atoms with Gasteiger partial charge in [-0.15, -0.1) is 0 Å². The Kier molecular flexibility index (Phi) is 21.0. The normalized spacial score (nSPS) is 17.3. The number of carbonyl (C=O) groups excluding carboxylic acids is 13. The first-order chi connectivity index (χ1) is 31.2. The Labute approximate surface area is 432 Å². The molecule has 3 amide bonds. The van der Waals surface area contributed by atoms with E-state index in [1.807, 2.05) is 10.6 Å². The summed E-state index contributed by atoms with van der Waals surface area (Å²) < 4.78 is 18.0. The lowest BCUT2D eigenvalue weighted by Gasteiger charge is -2.49. The average molecular weight is 1320 g/mol. The molecule has 0 aliphatic heterocycles. The number of aliphatic hydroxyl groups is 6.